The van der Waals surface area contributed by atoms with Crippen LogP contribution in [0.3, 0.4) is 0 Å². The molecule has 0 aliphatic heterocycles. The van der Waals surface area contributed by atoms with E-state index in [0.717, 1.165) is 0 Å². The molecule has 0 atom stereocenters. The second-order valence-corrected chi connectivity index (χ2v) is 2.99. The fourth-order valence-corrected chi connectivity index (χ4v) is 0.948. The van der Waals surface area contributed by atoms with Gasteiger partial charge < -0.3 is 9.84 Å². The first kappa shape index (κ1) is 14.6. The van der Waals surface area contributed by atoms with Gasteiger partial charge in [-0.3, -0.25) is 0 Å². The highest BCUT2D eigenvalue weighted by molar-refractivity contribution is 5.91. The van der Waals surface area contributed by atoms with Gasteiger partial charge in [0.15, 0.2) is 0 Å². The van der Waals surface area contributed by atoms with Gasteiger partial charge >= 0.3 is 11.9 Å². The van der Waals surface area contributed by atoms with Gasteiger partial charge in [0.25, 0.3) is 0 Å². The molecule has 0 fully saturated rings. The van der Waals surface area contributed by atoms with Gasteiger partial charge in [-0.25, -0.2) is 22.8 Å². The molecule has 4 nitrogen and oxygen atoms in total. The molecule has 0 aliphatic carbocycles. The number of hydrogen-bond acceptors (Lipinski definition) is 3. The van der Waals surface area contributed by atoms with Crippen LogP contribution in [0.1, 0.15) is 0 Å². The lowest BCUT2D eigenvalue weighted by Gasteiger charge is -2.06. The van der Waals surface area contributed by atoms with E-state index >= 15 is 0 Å². The Labute approximate surface area is 101 Å². The van der Waals surface area contributed by atoms with Crippen molar-refractivity contribution in [1.82, 2.24) is 0 Å². The lowest BCUT2D eigenvalue weighted by molar-refractivity contribution is -0.133. The van der Waals surface area contributed by atoms with Crippen molar-refractivity contribution in [2.75, 3.05) is 0 Å². The summed E-state index contributed by atoms with van der Waals surface area (Å²) in [4.78, 5) is 20.9. The van der Waals surface area contributed by atoms with E-state index in [0.29, 0.717) is 0 Å². The third-order valence-electron chi connectivity index (χ3n) is 1.73. The van der Waals surface area contributed by atoms with Crippen molar-refractivity contribution in [2.24, 2.45) is 0 Å². The number of carboxylic acid groups (broad SMARTS) is 1. The van der Waals surface area contributed by atoms with Crippen LogP contribution < -0.4 is 4.74 Å². The highest BCUT2D eigenvalue weighted by Crippen LogP contribution is 2.29. The second kappa shape index (κ2) is 5.46. The first-order chi connectivity index (χ1) is 8.75. The van der Waals surface area contributed by atoms with Crippen LogP contribution in [-0.2, 0) is 9.59 Å². The Balaban J connectivity index is 3.16. The largest absolute Gasteiger partial charge is 0.478 e. The third kappa shape index (κ3) is 3.06. The number of benzene rings is 1. The zero-order chi connectivity index (χ0) is 14.7. The molecule has 19 heavy (non-hydrogen) atoms. The Morgan fingerprint density at radius 1 is 0.842 bits per heavy atom. The minimum atomic E-state index is -2.41. The number of aliphatic carboxylic acids is 1. The number of carbonyl (C=O) groups excluding carboxylic acids is 1. The Hall–Kier alpha value is -2.45. The van der Waals surface area contributed by atoms with Gasteiger partial charge in [-0.1, -0.05) is 0 Å². The number of rotatable bonds is 3. The number of ether oxygens (including phenoxy) is 1. The average molecular weight is 282 g/mol. The fraction of sp³-hybridized carbons (Fsp3) is 0. The molecule has 0 bridgehead atoms. The van der Waals surface area contributed by atoms with Crippen molar-refractivity contribution in [3.05, 3.63) is 41.2 Å². The number of carbonyl (C=O) groups is 2. The lowest BCUT2D eigenvalue weighted by atomic mass is 10.2. The predicted molar refractivity (Wildman–Crippen MR) is 48.6 cm³/mol. The number of carboxylic acids is 1. The smallest absolute Gasteiger partial charge is 0.336 e. The van der Waals surface area contributed by atoms with Crippen molar-refractivity contribution in [3.63, 3.8) is 0 Å². The Kier molecular flexibility index (Phi) is 4.20. The summed E-state index contributed by atoms with van der Waals surface area (Å²) in [5.74, 6) is -16.7. The first-order valence-corrected chi connectivity index (χ1v) is 4.40. The molecule has 1 aromatic rings. The van der Waals surface area contributed by atoms with Gasteiger partial charge in [0.2, 0.25) is 34.8 Å². The molecule has 1 N–H and O–H groups in total. The van der Waals surface area contributed by atoms with E-state index in [-0.39, 0.29) is 12.2 Å². The van der Waals surface area contributed by atoms with Crippen LogP contribution in [0.2, 0.25) is 0 Å². The first-order valence-electron chi connectivity index (χ1n) is 4.40. The predicted octanol–water partition coefficient (Wildman–Crippen LogP) is 1.93. The molecule has 102 valence electrons. The van der Waals surface area contributed by atoms with Gasteiger partial charge in [0.1, 0.15) is 0 Å². The topological polar surface area (TPSA) is 63.6 Å². The second-order valence-electron chi connectivity index (χ2n) is 2.99. The van der Waals surface area contributed by atoms with Crippen molar-refractivity contribution >= 4 is 11.9 Å². The average Bonchev–Trinajstić information content (AvgIpc) is 2.36. The molecule has 0 saturated heterocycles. The summed E-state index contributed by atoms with van der Waals surface area (Å²) >= 11 is 0. The van der Waals surface area contributed by atoms with E-state index in [9.17, 15) is 31.5 Å². The van der Waals surface area contributed by atoms with Gasteiger partial charge in [0, 0.05) is 12.2 Å². The number of halogens is 5. The Morgan fingerprint density at radius 2 is 1.26 bits per heavy atom. The minimum absolute atomic E-state index is 0.236. The zero-order valence-electron chi connectivity index (χ0n) is 8.72. The lowest BCUT2D eigenvalue weighted by Crippen LogP contribution is -2.11. The highest BCUT2D eigenvalue weighted by atomic mass is 19.2. The molecule has 9 heteroatoms. The van der Waals surface area contributed by atoms with Gasteiger partial charge in [-0.2, -0.15) is 8.78 Å². The molecule has 0 radical (unpaired) electrons. The zero-order valence-corrected chi connectivity index (χ0v) is 8.72. The van der Waals surface area contributed by atoms with Crippen molar-refractivity contribution < 1.29 is 41.4 Å². The quantitative estimate of drug-likeness (QED) is 0.230. The van der Waals surface area contributed by atoms with Crippen molar-refractivity contribution in [1.29, 1.82) is 0 Å². The molecule has 0 aromatic heterocycles. The Morgan fingerprint density at radius 3 is 1.68 bits per heavy atom. The van der Waals surface area contributed by atoms with Crippen LogP contribution in [-0.4, -0.2) is 17.0 Å². The summed E-state index contributed by atoms with van der Waals surface area (Å²) in [5.41, 5.74) is 0. The van der Waals surface area contributed by atoms with Crippen LogP contribution >= 0.6 is 0 Å². The molecule has 0 saturated carbocycles. The van der Waals surface area contributed by atoms with Crippen LogP contribution in [0.15, 0.2) is 12.2 Å². The third-order valence-corrected chi connectivity index (χ3v) is 1.73. The molecule has 0 aliphatic rings. The summed E-state index contributed by atoms with van der Waals surface area (Å²) in [6.07, 6.45) is 0.495. The standard InChI is InChI=1S/C10H3F5O4/c11-5-6(12)8(14)10(9(15)7(5)13)19-4(18)2-1-3(16)17/h1-2H,(H,16,17). The highest BCUT2D eigenvalue weighted by Gasteiger charge is 2.28. The SMILES string of the molecule is O=C(O)C=CC(=O)Oc1c(F)c(F)c(F)c(F)c1F. The number of esters is 1. The van der Waals surface area contributed by atoms with Gasteiger partial charge in [-0.05, 0) is 0 Å². The summed E-state index contributed by atoms with van der Waals surface area (Å²) in [6, 6.07) is 0. The molecule has 0 spiro atoms. The summed E-state index contributed by atoms with van der Waals surface area (Å²) in [7, 11) is 0. The van der Waals surface area contributed by atoms with E-state index in [1.54, 1.807) is 0 Å². The summed E-state index contributed by atoms with van der Waals surface area (Å²) in [5, 5.41) is 8.15. The molecule has 0 unspecified atom stereocenters. The van der Waals surface area contributed by atoms with E-state index in [1.807, 2.05) is 0 Å². The van der Waals surface area contributed by atoms with Crippen LogP contribution in [0.25, 0.3) is 0 Å². The molecule has 1 aromatic carbocycles. The Bertz CT molecular complexity index is 553. The van der Waals surface area contributed by atoms with Crippen LogP contribution in [0.5, 0.6) is 5.75 Å². The molecular formula is C10H3F5O4. The minimum Gasteiger partial charge on any atom is -0.478 e. The van der Waals surface area contributed by atoms with E-state index in [4.69, 9.17) is 5.11 Å². The van der Waals surface area contributed by atoms with E-state index in [2.05, 4.69) is 4.74 Å². The van der Waals surface area contributed by atoms with Gasteiger partial charge in [-0.15, -0.1) is 0 Å². The molecule has 0 amide bonds. The maximum atomic E-state index is 13.0. The molecule has 0 heterocycles. The summed E-state index contributed by atoms with van der Waals surface area (Å²) < 4.78 is 67.9. The molecular weight excluding hydrogens is 279 g/mol. The van der Waals surface area contributed by atoms with E-state index in [1.165, 1.54) is 0 Å². The monoisotopic (exact) mass is 282 g/mol. The number of hydrogen-bond donors (Lipinski definition) is 1. The van der Waals surface area contributed by atoms with Crippen LogP contribution in [0, 0.1) is 29.1 Å². The summed E-state index contributed by atoms with van der Waals surface area (Å²) in [6.45, 7) is 0. The maximum absolute atomic E-state index is 13.0. The molecule has 1 rings (SSSR count). The van der Waals surface area contributed by atoms with Crippen molar-refractivity contribution in [3.8, 4) is 5.75 Å². The van der Waals surface area contributed by atoms with Crippen molar-refractivity contribution in [2.45, 2.75) is 0 Å². The normalized spacial score (nSPS) is 10.8. The van der Waals surface area contributed by atoms with Crippen LogP contribution in [0.4, 0.5) is 22.0 Å². The van der Waals surface area contributed by atoms with E-state index < -0.39 is 46.8 Å². The fourth-order valence-electron chi connectivity index (χ4n) is 0.948. The maximum Gasteiger partial charge on any atom is 0.336 e. The van der Waals surface area contributed by atoms with Gasteiger partial charge in [0.05, 0.1) is 0 Å².